The van der Waals surface area contributed by atoms with Crippen molar-refractivity contribution < 1.29 is 4.79 Å². The molecule has 4 heterocycles. The molecule has 2 bridgehead atoms. The van der Waals surface area contributed by atoms with Crippen molar-refractivity contribution in [3.8, 4) is 0 Å². The third-order valence-electron chi connectivity index (χ3n) is 4.63. The average Bonchev–Trinajstić information content (AvgIpc) is 2.91. The molecule has 4 aliphatic heterocycles. The Kier molecular flexibility index (Phi) is 3.34. The zero-order valence-electron chi connectivity index (χ0n) is 10.5. The third-order valence-corrected chi connectivity index (χ3v) is 4.63. The fourth-order valence-corrected chi connectivity index (χ4v) is 3.49. The van der Waals surface area contributed by atoms with E-state index in [0.717, 1.165) is 25.6 Å². The summed E-state index contributed by atoms with van der Waals surface area (Å²) in [5.41, 5.74) is 0. The molecule has 1 N–H and O–H groups in total. The van der Waals surface area contributed by atoms with Gasteiger partial charge in [-0.05, 0) is 44.7 Å². The van der Waals surface area contributed by atoms with E-state index in [1.165, 1.54) is 38.8 Å². The van der Waals surface area contributed by atoms with Crippen LogP contribution in [0, 0.1) is 5.92 Å². The van der Waals surface area contributed by atoms with E-state index in [9.17, 15) is 4.79 Å². The maximum atomic E-state index is 11.9. The largest absolute Gasteiger partial charge is 0.342 e. The van der Waals surface area contributed by atoms with Crippen molar-refractivity contribution in [1.82, 2.24) is 15.1 Å². The second kappa shape index (κ2) is 4.94. The summed E-state index contributed by atoms with van der Waals surface area (Å²) in [6.07, 6.45) is 5.00. The number of nitrogens with one attached hydrogen (secondary N) is 1. The lowest BCUT2D eigenvalue weighted by Crippen LogP contribution is -2.57. The van der Waals surface area contributed by atoms with Gasteiger partial charge in [0.05, 0.1) is 6.54 Å². The minimum absolute atomic E-state index is 0.305. The molecule has 0 aromatic heterocycles. The number of rotatable bonds is 3. The quantitative estimate of drug-likeness (QED) is 0.766. The molecule has 1 amide bonds. The van der Waals surface area contributed by atoms with Gasteiger partial charge >= 0.3 is 0 Å². The molecule has 0 aromatic carbocycles. The first-order valence-electron chi connectivity index (χ1n) is 7.06. The summed E-state index contributed by atoms with van der Waals surface area (Å²) in [5.74, 6) is 1.12. The van der Waals surface area contributed by atoms with E-state index < -0.39 is 0 Å². The Hall–Kier alpha value is -0.610. The van der Waals surface area contributed by atoms with Crippen molar-refractivity contribution in [2.45, 2.75) is 31.7 Å². The predicted molar refractivity (Wildman–Crippen MR) is 66.8 cm³/mol. The molecule has 4 heteroatoms. The van der Waals surface area contributed by atoms with Gasteiger partial charge in [-0.1, -0.05) is 0 Å². The van der Waals surface area contributed by atoms with Crippen molar-refractivity contribution in [1.29, 1.82) is 0 Å². The van der Waals surface area contributed by atoms with E-state index in [1.54, 1.807) is 0 Å². The van der Waals surface area contributed by atoms with Crippen LogP contribution in [-0.4, -0.2) is 61.0 Å². The molecule has 0 aromatic rings. The Morgan fingerprint density at radius 3 is 2.41 bits per heavy atom. The monoisotopic (exact) mass is 237 g/mol. The van der Waals surface area contributed by atoms with Crippen molar-refractivity contribution in [2.75, 3.05) is 39.3 Å². The molecule has 0 aliphatic carbocycles. The number of amides is 1. The van der Waals surface area contributed by atoms with Gasteiger partial charge < -0.3 is 15.1 Å². The van der Waals surface area contributed by atoms with Gasteiger partial charge in [-0.2, -0.15) is 0 Å². The first-order chi connectivity index (χ1) is 8.33. The van der Waals surface area contributed by atoms with Gasteiger partial charge in [0.25, 0.3) is 0 Å². The number of nitrogens with zero attached hydrogens (tertiary/aromatic N) is 2. The topological polar surface area (TPSA) is 35.6 Å². The van der Waals surface area contributed by atoms with Crippen LogP contribution in [0.3, 0.4) is 0 Å². The number of likely N-dealkylation sites (tertiary alicyclic amines) is 1. The number of hydrogen-bond acceptors (Lipinski definition) is 3. The molecule has 1 unspecified atom stereocenters. The number of fused-ring (bicyclic) bond motifs is 3. The van der Waals surface area contributed by atoms with Crippen LogP contribution in [0.2, 0.25) is 0 Å². The van der Waals surface area contributed by atoms with Gasteiger partial charge in [0, 0.05) is 25.7 Å². The average molecular weight is 237 g/mol. The smallest absolute Gasteiger partial charge is 0.236 e. The first-order valence-corrected chi connectivity index (χ1v) is 7.06. The highest BCUT2D eigenvalue weighted by atomic mass is 16.2. The van der Waals surface area contributed by atoms with Crippen molar-refractivity contribution >= 4 is 5.91 Å². The van der Waals surface area contributed by atoms with E-state index in [0.29, 0.717) is 18.5 Å². The van der Waals surface area contributed by atoms with Crippen LogP contribution in [0.15, 0.2) is 0 Å². The Balaban J connectivity index is 1.46. The maximum Gasteiger partial charge on any atom is 0.236 e. The molecular weight excluding hydrogens is 214 g/mol. The highest BCUT2D eigenvalue weighted by Crippen LogP contribution is 2.27. The minimum Gasteiger partial charge on any atom is -0.342 e. The Bertz CT molecular complexity index is 280. The van der Waals surface area contributed by atoms with Crippen LogP contribution in [0.1, 0.15) is 25.7 Å². The fourth-order valence-electron chi connectivity index (χ4n) is 3.49. The predicted octanol–water partition coefficient (Wildman–Crippen LogP) is 0.293. The maximum absolute atomic E-state index is 11.9. The second-order valence-electron chi connectivity index (χ2n) is 5.71. The highest BCUT2D eigenvalue weighted by Gasteiger charge is 2.34. The SMILES string of the molecule is O=C(CNC1CN2CCC1CC2)N1CCCC1. The summed E-state index contributed by atoms with van der Waals surface area (Å²) in [7, 11) is 0. The number of carbonyl (C=O) groups excluding carboxylic acids is 1. The summed E-state index contributed by atoms with van der Waals surface area (Å²) in [5, 5.41) is 3.50. The van der Waals surface area contributed by atoms with E-state index in [4.69, 9.17) is 0 Å². The molecule has 1 atom stereocenters. The van der Waals surface area contributed by atoms with E-state index in [-0.39, 0.29) is 0 Å². The zero-order valence-corrected chi connectivity index (χ0v) is 10.5. The molecule has 4 nitrogen and oxygen atoms in total. The molecule has 4 aliphatic rings. The van der Waals surface area contributed by atoms with Crippen molar-refractivity contribution in [2.24, 2.45) is 5.92 Å². The van der Waals surface area contributed by atoms with Crippen LogP contribution in [-0.2, 0) is 4.79 Å². The van der Waals surface area contributed by atoms with Gasteiger partial charge in [-0.15, -0.1) is 0 Å². The van der Waals surface area contributed by atoms with Gasteiger partial charge in [0.1, 0.15) is 0 Å². The summed E-state index contributed by atoms with van der Waals surface area (Å²) in [4.78, 5) is 16.5. The first kappa shape index (κ1) is 11.5. The number of piperidine rings is 3. The Morgan fingerprint density at radius 2 is 1.82 bits per heavy atom. The summed E-state index contributed by atoms with van der Waals surface area (Å²) >= 11 is 0. The van der Waals surface area contributed by atoms with Gasteiger partial charge in [-0.25, -0.2) is 0 Å². The molecular formula is C13H23N3O. The molecule has 4 rings (SSSR count). The molecule has 4 fully saturated rings. The standard InChI is InChI=1S/C13H23N3O/c17-13(16-5-1-2-6-16)9-14-12-10-15-7-3-11(12)4-8-15/h11-12,14H,1-10H2. The summed E-state index contributed by atoms with van der Waals surface area (Å²) < 4.78 is 0. The van der Waals surface area contributed by atoms with Crippen molar-refractivity contribution in [3.63, 3.8) is 0 Å². The van der Waals surface area contributed by atoms with Crippen LogP contribution in [0.5, 0.6) is 0 Å². The number of hydrogen-bond donors (Lipinski definition) is 1. The Morgan fingerprint density at radius 1 is 1.12 bits per heavy atom. The molecule has 4 saturated heterocycles. The minimum atomic E-state index is 0.305. The van der Waals surface area contributed by atoms with E-state index in [2.05, 4.69) is 10.2 Å². The van der Waals surface area contributed by atoms with Gasteiger partial charge in [0.15, 0.2) is 0 Å². The van der Waals surface area contributed by atoms with Crippen LogP contribution >= 0.6 is 0 Å². The lowest BCUT2D eigenvalue weighted by Gasteiger charge is -2.45. The molecule has 96 valence electrons. The fraction of sp³-hybridized carbons (Fsp3) is 0.923. The number of carbonyl (C=O) groups is 1. The second-order valence-corrected chi connectivity index (χ2v) is 5.71. The lowest BCUT2D eigenvalue weighted by atomic mass is 9.84. The molecule has 0 saturated carbocycles. The summed E-state index contributed by atoms with van der Waals surface area (Å²) in [6.45, 7) is 6.18. The highest BCUT2D eigenvalue weighted by molar-refractivity contribution is 5.78. The van der Waals surface area contributed by atoms with Crippen molar-refractivity contribution in [3.05, 3.63) is 0 Å². The van der Waals surface area contributed by atoms with E-state index >= 15 is 0 Å². The molecule has 17 heavy (non-hydrogen) atoms. The van der Waals surface area contributed by atoms with Crippen LogP contribution < -0.4 is 5.32 Å². The van der Waals surface area contributed by atoms with Gasteiger partial charge in [0.2, 0.25) is 5.91 Å². The summed E-state index contributed by atoms with van der Waals surface area (Å²) in [6, 6.07) is 0.559. The van der Waals surface area contributed by atoms with Gasteiger partial charge in [-0.3, -0.25) is 4.79 Å². The van der Waals surface area contributed by atoms with E-state index in [1.807, 2.05) is 4.90 Å². The van der Waals surface area contributed by atoms with Crippen LogP contribution in [0.25, 0.3) is 0 Å². The molecule has 0 spiro atoms. The molecule has 0 radical (unpaired) electrons. The van der Waals surface area contributed by atoms with Crippen LogP contribution in [0.4, 0.5) is 0 Å². The normalized spacial score (nSPS) is 36.5. The lowest BCUT2D eigenvalue weighted by molar-refractivity contribution is -0.129. The third kappa shape index (κ3) is 2.47. The Labute approximate surface area is 103 Å². The zero-order chi connectivity index (χ0) is 11.7.